The number of amides is 1. The minimum atomic E-state index is 0.0732. The number of carbonyl (C=O) groups is 1. The maximum atomic E-state index is 12.5. The molecule has 3 rings (SSSR count). The van der Waals surface area contributed by atoms with Gasteiger partial charge in [-0.25, -0.2) is 0 Å². The molecule has 4 nitrogen and oxygen atoms in total. The Kier molecular flexibility index (Phi) is 5.53. The van der Waals surface area contributed by atoms with E-state index in [1.54, 1.807) is 0 Å². The van der Waals surface area contributed by atoms with Gasteiger partial charge in [0.25, 0.3) is 0 Å². The molecule has 3 fully saturated rings. The summed E-state index contributed by atoms with van der Waals surface area (Å²) < 4.78 is 0. The summed E-state index contributed by atoms with van der Waals surface area (Å²) in [4.78, 5) is 17.5. The summed E-state index contributed by atoms with van der Waals surface area (Å²) in [5.41, 5.74) is 0. The van der Waals surface area contributed by atoms with Gasteiger partial charge in [0.1, 0.15) is 0 Å². The van der Waals surface area contributed by atoms with Gasteiger partial charge in [0.15, 0.2) is 0 Å². The van der Waals surface area contributed by atoms with E-state index in [9.17, 15) is 4.79 Å². The zero-order valence-electron chi connectivity index (χ0n) is 13.8. The summed E-state index contributed by atoms with van der Waals surface area (Å²) in [5, 5.41) is 3.27. The fourth-order valence-electron chi connectivity index (χ4n) is 4.67. The molecular formula is C18H31N3O. The van der Waals surface area contributed by atoms with Crippen LogP contribution in [0.4, 0.5) is 0 Å². The first-order valence-corrected chi connectivity index (χ1v) is 9.16. The van der Waals surface area contributed by atoms with Crippen LogP contribution >= 0.6 is 0 Å². The Bertz CT molecular complexity index is 396. The van der Waals surface area contributed by atoms with Gasteiger partial charge in [-0.05, 0) is 64.1 Å². The van der Waals surface area contributed by atoms with Gasteiger partial charge in [-0.1, -0.05) is 12.5 Å². The molecule has 0 aromatic heterocycles. The normalized spacial score (nSPS) is 33.4. The molecule has 0 unspecified atom stereocenters. The second kappa shape index (κ2) is 7.60. The third-order valence-electron chi connectivity index (χ3n) is 5.80. The Morgan fingerprint density at radius 3 is 2.77 bits per heavy atom. The van der Waals surface area contributed by atoms with Crippen molar-refractivity contribution in [1.29, 1.82) is 0 Å². The van der Waals surface area contributed by atoms with E-state index in [4.69, 9.17) is 0 Å². The smallest absolute Gasteiger partial charge is 0.237 e. The number of hydrogen-bond donors (Lipinski definition) is 1. The van der Waals surface area contributed by atoms with Crippen molar-refractivity contribution >= 4 is 5.91 Å². The highest BCUT2D eigenvalue weighted by Crippen LogP contribution is 2.30. The molecule has 0 spiro atoms. The number of rotatable bonds is 5. The average molecular weight is 305 g/mol. The number of nitrogens with one attached hydrogen (secondary N) is 1. The predicted octanol–water partition coefficient (Wildman–Crippen LogP) is 2.02. The van der Waals surface area contributed by atoms with E-state index in [1.165, 1.54) is 45.2 Å². The molecule has 0 radical (unpaired) electrons. The molecule has 0 saturated carbocycles. The highest BCUT2D eigenvalue weighted by molar-refractivity contribution is 5.82. The van der Waals surface area contributed by atoms with Gasteiger partial charge in [0, 0.05) is 19.1 Å². The van der Waals surface area contributed by atoms with Crippen LogP contribution in [0.1, 0.15) is 44.9 Å². The van der Waals surface area contributed by atoms with Crippen molar-refractivity contribution in [2.24, 2.45) is 5.92 Å². The highest BCUT2D eigenvalue weighted by Gasteiger charge is 2.34. The molecule has 1 N–H and O–H groups in total. The van der Waals surface area contributed by atoms with Crippen molar-refractivity contribution in [1.82, 2.24) is 15.1 Å². The van der Waals surface area contributed by atoms with Gasteiger partial charge in [0.2, 0.25) is 5.91 Å². The van der Waals surface area contributed by atoms with Gasteiger partial charge < -0.3 is 10.2 Å². The van der Waals surface area contributed by atoms with E-state index >= 15 is 0 Å². The van der Waals surface area contributed by atoms with Gasteiger partial charge in [-0.2, -0.15) is 0 Å². The maximum absolute atomic E-state index is 12.5. The molecule has 3 atom stereocenters. The van der Waals surface area contributed by atoms with Crippen molar-refractivity contribution in [3.8, 4) is 0 Å². The minimum Gasteiger partial charge on any atom is -0.354 e. The number of likely N-dealkylation sites (tertiary alicyclic amines) is 1. The Labute approximate surface area is 134 Å². The topological polar surface area (TPSA) is 35.6 Å². The number of fused-ring (bicyclic) bond motifs is 1. The summed E-state index contributed by atoms with van der Waals surface area (Å²) in [5.74, 6) is 0.902. The van der Waals surface area contributed by atoms with Crippen LogP contribution in [0.5, 0.6) is 0 Å². The zero-order chi connectivity index (χ0) is 15.4. The SMILES string of the molecule is C=CCN1CCC[C@H]1C(=O)NC[C@@H]1CCCN2CCCC[C@H]12. The molecule has 22 heavy (non-hydrogen) atoms. The summed E-state index contributed by atoms with van der Waals surface area (Å²) in [6.45, 7) is 9.08. The Hall–Kier alpha value is -0.870. The Balaban J connectivity index is 1.50. The standard InChI is InChI=1S/C18H31N3O/c1-2-10-20-13-6-9-17(20)18(22)19-14-15-7-5-12-21-11-4-3-8-16(15)21/h2,15-17H,1,3-14H2,(H,19,22)/t15-,16+,17-/m0/s1. The lowest BCUT2D eigenvalue weighted by atomic mass is 9.83. The van der Waals surface area contributed by atoms with E-state index in [2.05, 4.69) is 21.7 Å². The molecule has 0 aliphatic carbocycles. The average Bonchev–Trinajstić information content (AvgIpc) is 3.01. The third-order valence-corrected chi connectivity index (χ3v) is 5.80. The number of hydrogen-bond acceptors (Lipinski definition) is 3. The van der Waals surface area contributed by atoms with Gasteiger partial charge >= 0.3 is 0 Å². The molecule has 3 heterocycles. The Morgan fingerprint density at radius 1 is 1.09 bits per heavy atom. The summed E-state index contributed by atoms with van der Waals surface area (Å²) >= 11 is 0. The van der Waals surface area contributed by atoms with Crippen LogP contribution in [-0.2, 0) is 4.79 Å². The number of nitrogens with zero attached hydrogens (tertiary/aromatic N) is 2. The maximum Gasteiger partial charge on any atom is 0.237 e. The van der Waals surface area contributed by atoms with Gasteiger partial charge in [-0.3, -0.25) is 9.69 Å². The molecule has 0 aromatic rings. The van der Waals surface area contributed by atoms with Crippen LogP contribution in [0, 0.1) is 5.92 Å². The van der Waals surface area contributed by atoms with Crippen LogP contribution in [0.3, 0.4) is 0 Å². The second-order valence-corrected chi connectivity index (χ2v) is 7.19. The van der Waals surface area contributed by atoms with Crippen molar-refractivity contribution in [2.45, 2.75) is 57.0 Å². The van der Waals surface area contributed by atoms with E-state index in [0.717, 1.165) is 38.5 Å². The molecule has 124 valence electrons. The van der Waals surface area contributed by atoms with Crippen molar-refractivity contribution in [2.75, 3.05) is 32.7 Å². The van der Waals surface area contributed by atoms with E-state index in [1.807, 2.05) is 6.08 Å². The fourth-order valence-corrected chi connectivity index (χ4v) is 4.67. The first kappa shape index (κ1) is 16.0. The van der Waals surface area contributed by atoms with Crippen LogP contribution in [0.25, 0.3) is 0 Å². The summed E-state index contributed by atoms with van der Waals surface area (Å²) in [6, 6.07) is 0.791. The minimum absolute atomic E-state index is 0.0732. The van der Waals surface area contributed by atoms with Crippen LogP contribution < -0.4 is 5.32 Å². The van der Waals surface area contributed by atoms with Crippen molar-refractivity contribution in [3.63, 3.8) is 0 Å². The molecule has 3 aliphatic rings. The molecule has 3 aliphatic heterocycles. The number of carbonyl (C=O) groups excluding carboxylic acids is 1. The largest absolute Gasteiger partial charge is 0.354 e. The van der Waals surface area contributed by atoms with Crippen molar-refractivity contribution < 1.29 is 4.79 Å². The van der Waals surface area contributed by atoms with E-state index in [0.29, 0.717) is 5.92 Å². The molecule has 0 aromatic carbocycles. The number of piperidine rings is 2. The molecule has 0 bridgehead atoms. The zero-order valence-corrected chi connectivity index (χ0v) is 13.8. The monoisotopic (exact) mass is 305 g/mol. The molecule has 1 amide bonds. The summed E-state index contributed by atoms with van der Waals surface area (Å²) in [6.07, 6.45) is 10.7. The second-order valence-electron chi connectivity index (χ2n) is 7.19. The van der Waals surface area contributed by atoms with Crippen LogP contribution in [0.2, 0.25) is 0 Å². The first-order chi connectivity index (χ1) is 10.8. The molecule has 3 saturated heterocycles. The van der Waals surface area contributed by atoms with Gasteiger partial charge in [-0.15, -0.1) is 6.58 Å². The lowest BCUT2D eigenvalue weighted by Crippen LogP contribution is -2.52. The lowest BCUT2D eigenvalue weighted by Gasteiger charge is -2.44. The molecular weight excluding hydrogens is 274 g/mol. The van der Waals surface area contributed by atoms with Gasteiger partial charge in [0.05, 0.1) is 6.04 Å². The van der Waals surface area contributed by atoms with E-state index in [-0.39, 0.29) is 11.9 Å². The van der Waals surface area contributed by atoms with E-state index < -0.39 is 0 Å². The summed E-state index contributed by atoms with van der Waals surface area (Å²) in [7, 11) is 0. The first-order valence-electron chi connectivity index (χ1n) is 9.16. The van der Waals surface area contributed by atoms with Crippen LogP contribution in [-0.4, -0.2) is 60.5 Å². The highest BCUT2D eigenvalue weighted by atomic mass is 16.2. The quantitative estimate of drug-likeness (QED) is 0.789. The Morgan fingerprint density at radius 2 is 1.91 bits per heavy atom. The fraction of sp³-hybridized carbons (Fsp3) is 0.833. The van der Waals surface area contributed by atoms with Crippen molar-refractivity contribution in [3.05, 3.63) is 12.7 Å². The molecule has 4 heteroatoms. The predicted molar refractivity (Wildman–Crippen MR) is 89.7 cm³/mol. The third kappa shape index (κ3) is 3.54. The van der Waals surface area contributed by atoms with Crippen LogP contribution in [0.15, 0.2) is 12.7 Å². The lowest BCUT2D eigenvalue weighted by molar-refractivity contribution is -0.125.